The number of furan rings is 3. The summed E-state index contributed by atoms with van der Waals surface area (Å²) >= 11 is 4.13. The highest BCUT2D eigenvalue weighted by molar-refractivity contribution is 7.25. The van der Waals surface area contributed by atoms with Crippen molar-refractivity contribution in [2.45, 2.75) is 111 Å². The van der Waals surface area contributed by atoms with Crippen LogP contribution < -0.4 is 0 Å². The van der Waals surface area contributed by atoms with Gasteiger partial charge in [-0.1, -0.05) is 132 Å². The zero-order valence-corrected chi connectivity index (χ0v) is 46.9. The van der Waals surface area contributed by atoms with Gasteiger partial charge in [-0.15, -0.1) is 22.7 Å². The third-order valence-electron chi connectivity index (χ3n) is 16.8. The summed E-state index contributed by atoms with van der Waals surface area (Å²) in [7, 11) is 0. The lowest BCUT2D eigenvalue weighted by Crippen LogP contribution is -1.97. The van der Waals surface area contributed by atoms with E-state index < -0.39 is 0 Å². The van der Waals surface area contributed by atoms with Crippen LogP contribution in [0.2, 0.25) is 0 Å². The Morgan fingerprint density at radius 2 is 0.679 bits per heavy atom. The highest BCUT2D eigenvalue weighted by atomic mass is 32.1. The number of rotatable bonds is 17. The lowest BCUT2D eigenvalue weighted by atomic mass is 9.92. The van der Waals surface area contributed by atoms with Crippen LogP contribution in [0.15, 0.2) is 171 Å². The summed E-state index contributed by atoms with van der Waals surface area (Å²) in [5.41, 5.74) is 24.7. The quantitative estimate of drug-likeness (QED) is 0.0912. The topological polar surface area (TPSA) is 39.4 Å². The maximum atomic E-state index is 6.78. The number of hydrogen-bond donors (Lipinski definition) is 0. The van der Waals surface area contributed by atoms with Gasteiger partial charge in [0.2, 0.25) is 0 Å². The molecule has 78 heavy (non-hydrogen) atoms. The van der Waals surface area contributed by atoms with E-state index in [0.29, 0.717) is 0 Å². The second kappa shape index (κ2) is 20.4. The smallest absolute Gasteiger partial charge is 0.136 e. The molecule has 0 aliphatic heterocycles. The monoisotopic (exact) mass is 1050 g/mol. The molecule has 5 heterocycles. The van der Waals surface area contributed by atoms with E-state index in [0.717, 1.165) is 113 Å². The van der Waals surface area contributed by atoms with Crippen molar-refractivity contribution in [1.82, 2.24) is 0 Å². The molecule has 5 aromatic heterocycles. The summed E-state index contributed by atoms with van der Waals surface area (Å²) in [6, 6.07) is 58.0. The Labute approximate surface area is 465 Å². The molecule has 0 bridgehead atoms. The van der Waals surface area contributed by atoms with Gasteiger partial charge in [0.1, 0.15) is 33.5 Å². The van der Waals surface area contributed by atoms with Crippen LogP contribution in [0.5, 0.6) is 0 Å². The fraction of sp³-hybridized carbons (Fsp3) is 0.233. The minimum absolute atomic E-state index is 0.888. The van der Waals surface area contributed by atoms with E-state index in [9.17, 15) is 0 Å². The van der Waals surface area contributed by atoms with Gasteiger partial charge in [-0.05, 0) is 215 Å². The molecule has 1 aliphatic carbocycles. The molecule has 8 aromatic carbocycles. The molecule has 3 nitrogen and oxygen atoms in total. The minimum atomic E-state index is 0.888. The first kappa shape index (κ1) is 48.9. The van der Waals surface area contributed by atoms with Gasteiger partial charge in [-0.3, -0.25) is 0 Å². The molecule has 13 aromatic rings. The van der Waals surface area contributed by atoms with Crippen molar-refractivity contribution in [3.8, 4) is 64.0 Å². The molecule has 386 valence electrons. The second-order valence-corrected chi connectivity index (χ2v) is 24.0. The van der Waals surface area contributed by atoms with Crippen LogP contribution in [0.25, 0.3) is 130 Å². The normalized spacial score (nSPS) is 12.4. The van der Waals surface area contributed by atoms with Gasteiger partial charge in [0.15, 0.2) is 0 Å². The summed E-state index contributed by atoms with van der Waals surface area (Å²) in [5, 5.41) is 6.85. The lowest BCUT2D eigenvalue weighted by Gasteiger charge is -2.11. The standard InChI is InChI=1S/C73H64O3S2/c1-5-9-23-52-54(25-11-7-3)72(77-70(52)49-30-33-65-59(38-49)61-40-51-35-48-28-27-46(44-19-15-13-16-20-44)36-56(48)57(51)41-67(61)74-65)73-55(26-12-8-4)53(24-10-6-2)71(78-73)50-31-34-66-60(39-50)63-43-68-62(42-69(63)76-66)58-37-47(29-32-64(58)75-68)45-21-17-14-18-22-45/h13-22,27-34,36-43H,5-12,23-26,35H2,1-4H3. The summed E-state index contributed by atoms with van der Waals surface area (Å²) in [6.07, 6.45) is 14.6. The third-order valence-corrected chi connectivity index (χ3v) is 19.6. The molecule has 0 saturated heterocycles. The predicted octanol–water partition coefficient (Wildman–Crippen LogP) is 22.8. The van der Waals surface area contributed by atoms with Crippen molar-refractivity contribution >= 4 is 88.5 Å². The fourth-order valence-corrected chi connectivity index (χ4v) is 15.7. The van der Waals surface area contributed by atoms with E-state index in [1.807, 2.05) is 0 Å². The summed E-state index contributed by atoms with van der Waals surface area (Å²) in [4.78, 5) is 5.86. The Bertz CT molecular complexity index is 4400. The molecule has 5 heteroatoms. The van der Waals surface area contributed by atoms with Gasteiger partial charge < -0.3 is 13.3 Å². The largest absolute Gasteiger partial charge is 0.456 e. The third kappa shape index (κ3) is 8.44. The number of thiophene rings is 2. The van der Waals surface area contributed by atoms with E-state index in [1.54, 1.807) is 22.3 Å². The molecule has 0 spiro atoms. The van der Waals surface area contributed by atoms with E-state index in [2.05, 4.69) is 208 Å². The van der Waals surface area contributed by atoms with Crippen molar-refractivity contribution in [1.29, 1.82) is 0 Å². The van der Waals surface area contributed by atoms with Crippen molar-refractivity contribution in [3.05, 3.63) is 191 Å². The van der Waals surface area contributed by atoms with Crippen molar-refractivity contribution in [2.75, 3.05) is 0 Å². The molecule has 0 atom stereocenters. The molecule has 14 rings (SSSR count). The van der Waals surface area contributed by atoms with E-state index in [-0.39, 0.29) is 0 Å². The maximum absolute atomic E-state index is 6.78. The highest BCUT2D eigenvalue weighted by Crippen LogP contribution is 2.53. The van der Waals surface area contributed by atoms with Crippen LogP contribution in [0.3, 0.4) is 0 Å². The Morgan fingerprint density at radius 1 is 0.308 bits per heavy atom. The zero-order chi connectivity index (χ0) is 52.4. The lowest BCUT2D eigenvalue weighted by molar-refractivity contribution is 0.664. The van der Waals surface area contributed by atoms with Crippen LogP contribution in [-0.4, -0.2) is 0 Å². The second-order valence-electron chi connectivity index (χ2n) is 21.9. The van der Waals surface area contributed by atoms with Crippen LogP contribution in [0.1, 0.15) is 112 Å². The molecule has 1 aliphatic rings. The van der Waals surface area contributed by atoms with Gasteiger partial charge in [-0.2, -0.15) is 0 Å². The van der Waals surface area contributed by atoms with Gasteiger partial charge >= 0.3 is 0 Å². The van der Waals surface area contributed by atoms with Crippen molar-refractivity contribution in [3.63, 3.8) is 0 Å². The average molecular weight is 1050 g/mol. The highest BCUT2D eigenvalue weighted by Gasteiger charge is 2.28. The van der Waals surface area contributed by atoms with Crippen LogP contribution in [0, 0.1) is 0 Å². The number of benzene rings is 8. The minimum Gasteiger partial charge on any atom is -0.456 e. The summed E-state index contributed by atoms with van der Waals surface area (Å²) < 4.78 is 20.1. The molecule has 0 amide bonds. The van der Waals surface area contributed by atoms with Crippen LogP contribution in [-0.2, 0) is 32.1 Å². The van der Waals surface area contributed by atoms with E-state index in [1.165, 1.54) is 112 Å². The maximum Gasteiger partial charge on any atom is 0.136 e. The number of fused-ring (bicyclic) bond motifs is 12. The first-order valence-electron chi connectivity index (χ1n) is 28.8. The molecule has 0 saturated carbocycles. The van der Waals surface area contributed by atoms with Crippen LogP contribution >= 0.6 is 22.7 Å². The van der Waals surface area contributed by atoms with Crippen molar-refractivity contribution < 1.29 is 13.3 Å². The van der Waals surface area contributed by atoms with Gasteiger partial charge in [0.25, 0.3) is 0 Å². The van der Waals surface area contributed by atoms with Gasteiger partial charge in [0.05, 0.1) is 0 Å². The molecule has 0 unspecified atom stereocenters. The van der Waals surface area contributed by atoms with E-state index >= 15 is 0 Å². The zero-order valence-electron chi connectivity index (χ0n) is 45.2. The molecule has 0 N–H and O–H groups in total. The number of unbranched alkanes of at least 4 members (excludes halogenated alkanes) is 4. The molecule has 0 fully saturated rings. The van der Waals surface area contributed by atoms with E-state index in [4.69, 9.17) is 13.3 Å². The van der Waals surface area contributed by atoms with Crippen molar-refractivity contribution in [2.24, 2.45) is 0 Å². The summed E-state index contributed by atoms with van der Waals surface area (Å²) in [5.74, 6) is 0. The Morgan fingerprint density at radius 3 is 1.15 bits per heavy atom. The summed E-state index contributed by atoms with van der Waals surface area (Å²) in [6.45, 7) is 9.38. The van der Waals surface area contributed by atoms with Crippen LogP contribution in [0.4, 0.5) is 0 Å². The number of hydrogen-bond acceptors (Lipinski definition) is 5. The molecule has 0 radical (unpaired) electrons. The van der Waals surface area contributed by atoms with Gasteiger partial charge in [-0.25, -0.2) is 0 Å². The predicted molar refractivity (Wildman–Crippen MR) is 334 cm³/mol. The SMILES string of the molecule is CCCCc1c(-c2ccc3oc4cc5c(cc4c3c2)Cc2ccc(-c3ccccc3)cc2-5)sc(-c2sc(-c3ccc4oc5cc6c(cc5c4c3)oc3ccc(-c4ccccc4)cc36)c(CCCC)c2CCCC)c1CCCC. The average Bonchev–Trinajstić information content (AvgIpc) is 4.45. The first-order chi connectivity index (χ1) is 38.5. The molecular formula is C73H64O3S2. The van der Waals surface area contributed by atoms with Gasteiger partial charge in [0, 0.05) is 51.8 Å². The molecular weight excluding hydrogens is 989 g/mol. The Hall–Kier alpha value is -7.44. The fourth-order valence-electron chi connectivity index (χ4n) is 12.7. The Balaban J connectivity index is 0.894. The first-order valence-corrected chi connectivity index (χ1v) is 30.5. The Kier molecular flexibility index (Phi) is 12.8.